The van der Waals surface area contributed by atoms with E-state index in [9.17, 15) is 9.59 Å². The Bertz CT molecular complexity index is 1740. The molecule has 0 bridgehead atoms. The smallest absolute Gasteiger partial charge is 0.325 e. The molecule has 5 aromatic rings. The van der Waals surface area contributed by atoms with E-state index in [-0.39, 0.29) is 38.8 Å². The number of hydrogen-bond donors (Lipinski definition) is 0. The third-order valence-electron chi connectivity index (χ3n) is 6.81. The number of hydrogen-bond acceptors (Lipinski definition) is 8. The molecule has 0 aliphatic carbocycles. The number of carbonyl (C=O) groups is 2. The lowest BCUT2D eigenvalue weighted by atomic mass is 10.1. The lowest BCUT2D eigenvalue weighted by molar-refractivity contribution is -0.143. The van der Waals surface area contributed by atoms with Gasteiger partial charge in [0, 0.05) is 12.1 Å². The molecule has 5 rings (SSSR count). The maximum atomic E-state index is 13.7. The molecule has 230 valence electrons. The number of rotatable bonds is 14. The van der Waals surface area contributed by atoms with E-state index in [1.54, 1.807) is 31.2 Å². The predicted octanol–water partition coefficient (Wildman–Crippen LogP) is 6.18. The van der Waals surface area contributed by atoms with Gasteiger partial charge < -0.3 is 23.8 Å². The highest BCUT2D eigenvalue weighted by Crippen LogP contribution is 2.21. The van der Waals surface area contributed by atoms with Crippen LogP contribution in [0.1, 0.15) is 34.1 Å². The van der Waals surface area contributed by atoms with Gasteiger partial charge >= 0.3 is 5.97 Å². The molecule has 0 saturated carbocycles. The number of fused-ring (bicyclic) bond motifs is 1. The van der Waals surface area contributed by atoms with Crippen molar-refractivity contribution in [2.24, 2.45) is 0 Å². The number of aryl methyl sites for hydroxylation is 1. The molecule has 0 aliphatic heterocycles. The Morgan fingerprint density at radius 2 is 1.38 bits per heavy atom. The van der Waals surface area contributed by atoms with Gasteiger partial charge in [-0.05, 0) is 67.4 Å². The van der Waals surface area contributed by atoms with Crippen molar-refractivity contribution >= 4 is 22.9 Å². The van der Waals surface area contributed by atoms with E-state index >= 15 is 0 Å². The van der Waals surface area contributed by atoms with E-state index in [1.807, 2.05) is 85.8 Å². The first kappa shape index (κ1) is 31.0. The third kappa shape index (κ3) is 8.79. The fourth-order valence-electron chi connectivity index (χ4n) is 4.67. The van der Waals surface area contributed by atoms with E-state index in [4.69, 9.17) is 18.9 Å². The van der Waals surface area contributed by atoms with Gasteiger partial charge in [-0.3, -0.25) is 9.59 Å². The Morgan fingerprint density at radius 3 is 2.16 bits per heavy atom. The molecule has 0 unspecified atom stereocenters. The molecule has 9 nitrogen and oxygen atoms in total. The molecule has 0 aliphatic rings. The summed E-state index contributed by atoms with van der Waals surface area (Å²) in [5.41, 5.74) is 4.50. The largest absolute Gasteiger partial charge is 0.490 e. The molecule has 4 aromatic carbocycles. The highest BCUT2D eigenvalue weighted by Gasteiger charge is 2.21. The van der Waals surface area contributed by atoms with Gasteiger partial charge in [0.15, 0.2) is 0 Å². The quantitative estimate of drug-likeness (QED) is 0.109. The summed E-state index contributed by atoms with van der Waals surface area (Å²) >= 11 is 0. The number of esters is 1. The number of amides is 1. The first-order chi connectivity index (χ1) is 22.0. The van der Waals surface area contributed by atoms with Gasteiger partial charge in [0.2, 0.25) is 5.88 Å². The average Bonchev–Trinajstić information content (AvgIpc) is 3.06. The van der Waals surface area contributed by atoms with Crippen molar-refractivity contribution in [2.45, 2.75) is 27.0 Å². The van der Waals surface area contributed by atoms with Crippen LogP contribution in [0.2, 0.25) is 0 Å². The zero-order valence-corrected chi connectivity index (χ0v) is 25.3. The predicted molar refractivity (Wildman–Crippen MR) is 170 cm³/mol. The summed E-state index contributed by atoms with van der Waals surface area (Å²) in [6, 6.07) is 31.8. The van der Waals surface area contributed by atoms with Gasteiger partial charge in [0.1, 0.15) is 43.6 Å². The highest BCUT2D eigenvalue weighted by atomic mass is 16.5. The lowest BCUT2D eigenvalue weighted by Crippen LogP contribution is -2.36. The van der Waals surface area contributed by atoms with Crippen molar-refractivity contribution in [1.82, 2.24) is 14.9 Å². The Hall–Kier alpha value is -5.44. The summed E-state index contributed by atoms with van der Waals surface area (Å²) in [5, 5.41) is 0. The molecule has 1 heterocycles. The molecular formula is C36H35N3O6. The van der Waals surface area contributed by atoms with E-state index < -0.39 is 5.97 Å². The minimum Gasteiger partial charge on any atom is -0.490 e. The molecule has 1 amide bonds. The second-order valence-electron chi connectivity index (χ2n) is 10.2. The molecule has 0 radical (unpaired) electrons. The molecule has 9 heteroatoms. The number of para-hydroxylation sites is 2. The Balaban J connectivity index is 1.22. The summed E-state index contributed by atoms with van der Waals surface area (Å²) in [6.07, 6.45) is 0. The van der Waals surface area contributed by atoms with Gasteiger partial charge in [-0.15, -0.1) is 0 Å². The van der Waals surface area contributed by atoms with Gasteiger partial charge in [-0.2, -0.15) is 0 Å². The number of ether oxygens (including phenoxy) is 4. The van der Waals surface area contributed by atoms with Gasteiger partial charge in [-0.1, -0.05) is 60.7 Å². The van der Waals surface area contributed by atoms with Crippen molar-refractivity contribution < 1.29 is 28.5 Å². The lowest BCUT2D eigenvalue weighted by Gasteiger charge is -2.22. The standard InChI is InChI=1S/C36H35N3O6/c1-3-42-34(40)24-39(23-28-13-9-15-30(21-28)45-25-27-11-5-4-6-12-27)36(41)29-14-10-16-31(22-29)43-19-20-44-35-26(2)37-32-17-7-8-18-33(32)38-35/h4-18,21-22H,3,19-20,23-25H2,1-2H3. The molecule has 0 saturated heterocycles. The average molecular weight is 606 g/mol. The van der Waals surface area contributed by atoms with E-state index in [0.717, 1.165) is 22.2 Å². The van der Waals surface area contributed by atoms with E-state index in [1.165, 1.54) is 4.90 Å². The first-order valence-corrected chi connectivity index (χ1v) is 14.8. The normalized spacial score (nSPS) is 10.7. The first-order valence-electron chi connectivity index (χ1n) is 14.8. The zero-order valence-electron chi connectivity index (χ0n) is 25.3. The maximum Gasteiger partial charge on any atom is 0.325 e. The Labute approximate surface area is 262 Å². The maximum absolute atomic E-state index is 13.7. The van der Waals surface area contributed by atoms with Crippen LogP contribution in [0.15, 0.2) is 103 Å². The second-order valence-corrected chi connectivity index (χ2v) is 10.2. The van der Waals surface area contributed by atoms with Crippen LogP contribution in [-0.2, 0) is 22.7 Å². The molecule has 1 aromatic heterocycles. The van der Waals surface area contributed by atoms with E-state index in [0.29, 0.717) is 35.2 Å². The van der Waals surface area contributed by atoms with Crippen LogP contribution >= 0.6 is 0 Å². The van der Waals surface area contributed by atoms with E-state index in [2.05, 4.69) is 9.97 Å². The minimum atomic E-state index is -0.487. The van der Waals surface area contributed by atoms with Crippen LogP contribution < -0.4 is 14.2 Å². The van der Waals surface area contributed by atoms with Crippen molar-refractivity contribution in [3.8, 4) is 17.4 Å². The summed E-state index contributed by atoms with van der Waals surface area (Å²) in [5.74, 6) is 0.798. The van der Waals surface area contributed by atoms with Crippen LogP contribution in [0.4, 0.5) is 0 Å². The molecule has 0 fully saturated rings. The van der Waals surface area contributed by atoms with Crippen LogP contribution in [0, 0.1) is 6.92 Å². The van der Waals surface area contributed by atoms with Crippen LogP contribution in [0.5, 0.6) is 17.4 Å². The molecular weight excluding hydrogens is 570 g/mol. The number of carbonyl (C=O) groups excluding carboxylic acids is 2. The molecule has 0 spiro atoms. The third-order valence-corrected chi connectivity index (χ3v) is 6.81. The van der Waals surface area contributed by atoms with Crippen molar-refractivity contribution in [2.75, 3.05) is 26.4 Å². The summed E-state index contributed by atoms with van der Waals surface area (Å²) in [6.45, 7) is 4.68. The number of nitrogens with zero attached hydrogens (tertiary/aromatic N) is 3. The van der Waals surface area contributed by atoms with Gasteiger partial charge in [0.25, 0.3) is 5.91 Å². The minimum absolute atomic E-state index is 0.186. The summed E-state index contributed by atoms with van der Waals surface area (Å²) in [4.78, 5) is 36.7. The molecule has 45 heavy (non-hydrogen) atoms. The molecule has 0 N–H and O–H groups in total. The Kier molecular flexibility index (Phi) is 10.6. The van der Waals surface area contributed by atoms with Crippen LogP contribution in [-0.4, -0.2) is 53.1 Å². The van der Waals surface area contributed by atoms with Crippen molar-refractivity contribution in [1.29, 1.82) is 0 Å². The summed E-state index contributed by atoms with van der Waals surface area (Å²) in [7, 11) is 0. The SMILES string of the molecule is CCOC(=O)CN(Cc1cccc(OCc2ccccc2)c1)C(=O)c1cccc(OCCOc2nc3ccccc3nc2C)c1. The summed E-state index contributed by atoms with van der Waals surface area (Å²) < 4.78 is 22.8. The van der Waals surface area contributed by atoms with Crippen LogP contribution in [0.3, 0.4) is 0 Å². The Morgan fingerprint density at radius 1 is 0.711 bits per heavy atom. The van der Waals surface area contributed by atoms with Crippen LogP contribution in [0.25, 0.3) is 11.0 Å². The monoisotopic (exact) mass is 605 g/mol. The number of aromatic nitrogens is 2. The number of benzene rings is 4. The van der Waals surface area contributed by atoms with Gasteiger partial charge in [0.05, 0.1) is 17.6 Å². The van der Waals surface area contributed by atoms with Crippen molar-refractivity contribution in [3.05, 3.63) is 126 Å². The van der Waals surface area contributed by atoms with Gasteiger partial charge in [-0.25, -0.2) is 9.97 Å². The topological polar surface area (TPSA) is 100 Å². The van der Waals surface area contributed by atoms with Crippen molar-refractivity contribution in [3.63, 3.8) is 0 Å². The fraction of sp³-hybridized carbons (Fsp3) is 0.222. The highest BCUT2D eigenvalue weighted by molar-refractivity contribution is 5.96. The zero-order chi connectivity index (χ0) is 31.4. The fourth-order valence-corrected chi connectivity index (χ4v) is 4.67. The second kappa shape index (κ2) is 15.3. The molecule has 0 atom stereocenters.